The molecule has 0 heterocycles. The summed E-state index contributed by atoms with van der Waals surface area (Å²) in [5.41, 5.74) is 1.92. The van der Waals surface area contributed by atoms with Crippen LogP contribution in [0.5, 0.6) is 5.75 Å². The molecule has 0 aromatic heterocycles. The van der Waals surface area contributed by atoms with Gasteiger partial charge in [0.15, 0.2) is 0 Å². The molecular formula is C21H24FNO2. The van der Waals surface area contributed by atoms with Gasteiger partial charge in [0.2, 0.25) is 5.91 Å². The average molecular weight is 341 g/mol. The fourth-order valence-corrected chi connectivity index (χ4v) is 3.69. The van der Waals surface area contributed by atoms with Crippen molar-refractivity contribution in [2.45, 2.75) is 38.0 Å². The van der Waals surface area contributed by atoms with Crippen LogP contribution >= 0.6 is 0 Å². The standard InChI is InChI=1S/C21H24FNO2/c1-25-20-5-3-2-4-19(20)16-8-6-15(7-9-16)14-21(24)23-18-12-10-17(22)11-13-18/h2-5,10-13,15-16H,6-9,14H2,1H3,(H,23,24)/t15-,16+. The minimum Gasteiger partial charge on any atom is -0.496 e. The summed E-state index contributed by atoms with van der Waals surface area (Å²) in [7, 11) is 1.71. The van der Waals surface area contributed by atoms with Crippen LogP contribution in [0.4, 0.5) is 10.1 Å². The molecule has 25 heavy (non-hydrogen) atoms. The van der Waals surface area contributed by atoms with Crippen molar-refractivity contribution in [1.82, 2.24) is 0 Å². The van der Waals surface area contributed by atoms with Gasteiger partial charge in [0.05, 0.1) is 7.11 Å². The highest BCUT2D eigenvalue weighted by atomic mass is 19.1. The zero-order valence-corrected chi connectivity index (χ0v) is 14.5. The van der Waals surface area contributed by atoms with Crippen LogP contribution in [0.3, 0.4) is 0 Å². The number of carbonyl (C=O) groups excluding carboxylic acids is 1. The second-order valence-corrected chi connectivity index (χ2v) is 6.72. The molecule has 4 heteroatoms. The lowest BCUT2D eigenvalue weighted by Crippen LogP contribution is -2.20. The summed E-state index contributed by atoms with van der Waals surface area (Å²) in [6.07, 6.45) is 4.76. The Morgan fingerprint density at radius 3 is 2.44 bits per heavy atom. The van der Waals surface area contributed by atoms with Crippen LogP contribution in [0, 0.1) is 11.7 Å². The molecule has 3 nitrogen and oxygen atoms in total. The lowest BCUT2D eigenvalue weighted by molar-refractivity contribution is -0.117. The highest BCUT2D eigenvalue weighted by Crippen LogP contribution is 2.40. The summed E-state index contributed by atoms with van der Waals surface area (Å²) < 4.78 is 18.4. The number of benzene rings is 2. The van der Waals surface area contributed by atoms with Crippen LogP contribution in [-0.2, 0) is 4.79 Å². The Balaban J connectivity index is 1.50. The maximum atomic E-state index is 12.9. The number of para-hydroxylation sites is 1. The molecule has 0 aliphatic heterocycles. The molecule has 0 radical (unpaired) electrons. The number of hydrogen-bond donors (Lipinski definition) is 1. The third kappa shape index (κ3) is 4.59. The molecule has 2 aromatic carbocycles. The first kappa shape index (κ1) is 17.5. The molecule has 1 N–H and O–H groups in total. The van der Waals surface area contributed by atoms with Gasteiger partial charge in [0.1, 0.15) is 11.6 Å². The average Bonchev–Trinajstić information content (AvgIpc) is 2.64. The van der Waals surface area contributed by atoms with Crippen molar-refractivity contribution in [3.63, 3.8) is 0 Å². The Hall–Kier alpha value is -2.36. The number of halogens is 1. The van der Waals surface area contributed by atoms with E-state index in [0.717, 1.165) is 31.4 Å². The second-order valence-electron chi connectivity index (χ2n) is 6.72. The summed E-state index contributed by atoms with van der Waals surface area (Å²) in [5.74, 6) is 1.58. The van der Waals surface area contributed by atoms with Crippen molar-refractivity contribution in [2.75, 3.05) is 12.4 Å². The van der Waals surface area contributed by atoms with Gasteiger partial charge in [-0.2, -0.15) is 0 Å². The van der Waals surface area contributed by atoms with E-state index in [1.165, 1.54) is 17.7 Å². The molecule has 2 aromatic rings. The number of ether oxygens (including phenoxy) is 1. The molecule has 0 bridgehead atoms. The van der Waals surface area contributed by atoms with Gasteiger partial charge in [-0.3, -0.25) is 4.79 Å². The zero-order chi connectivity index (χ0) is 17.6. The van der Waals surface area contributed by atoms with E-state index in [2.05, 4.69) is 17.4 Å². The summed E-state index contributed by atoms with van der Waals surface area (Å²) >= 11 is 0. The van der Waals surface area contributed by atoms with Crippen LogP contribution in [0.15, 0.2) is 48.5 Å². The maximum absolute atomic E-state index is 12.9. The quantitative estimate of drug-likeness (QED) is 0.818. The Labute approximate surface area is 148 Å². The van der Waals surface area contributed by atoms with Crippen molar-refractivity contribution < 1.29 is 13.9 Å². The highest BCUT2D eigenvalue weighted by molar-refractivity contribution is 5.90. The summed E-state index contributed by atoms with van der Waals surface area (Å²) in [5, 5.41) is 2.85. The monoisotopic (exact) mass is 341 g/mol. The lowest BCUT2D eigenvalue weighted by atomic mass is 9.77. The minimum atomic E-state index is -0.298. The number of methoxy groups -OCH3 is 1. The molecule has 1 fully saturated rings. The van der Waals surface area contributed by atoms with Crippen molar-refractivity contribution in [3.8, 4) is 5.75 Å². The van der Waals surface area contributed by atoms with E-state index >= 15 is 0 Å². The van der Waals surface area contributed by atoms with Crippen molar-refractivity contribution in [2.24, 2.45) is 5.92 Å². The molecule has 1 aliphatic carbocycles. The Bertz CT molecular complexity index is 706. The number of nitrogens with one attached hydrogen (secondary N) is 1. The fraction of sp³-hybridized carbons (Fsp3) is 0.381. The summed E-state index contributed by atoms with van der Waals surface area (Å²) in [6.45, 7) is 0. The zero-order valence-electron chi connectivity index (χ0n) is 14.5. The Kier molecular flexibility index (Phi) is 5.69. The van der Waals surface area contributed by atoms with Gasteiger partial charge >= 0.3 is 0 Å². The number of rotatable bonds is 5. The van der Waals surface area contributed by atoms with E-state index < -0.39 is 0 Å². The lowest BCUT2D eigenvalue weighted by Gasteiger charge is -2.29. The fourth-order valence-electron chi connectivity index (χ4n) is 3.69. The van der Waals surface area contributed by atoms with Gasteiger partial charge < -0.3 is 10.1 Å². The predicted octanol–water partition coefficient (Wildman–Crippen LogP) is 5.14. The van der Waals surface area contributed by atoms with Crippen LogP contribution in [0.1, 0.15) is 43.6 Å². The van der Waals surface area contributed by atoms with Gasteiger partial charge in [-0.25, -0.2) is 4.39 Å². The molecule has 0 atom stereocenters. The van der Waals surface area contributed by atoms with E-state index in [4.69, 9.17) is 4.74 Å². The second kappa shape index (κ2) is 8.15. The van der Waals surface area contributed by atoms with Gasteiger partial charge in [-0.15, -0.1) is 0 Å². The summed E-state index contributed by atoms with van der Waals surface area (Å²) in [6, 6.07) is 14.1. The molecule has 0 spiro atoms. The Morgan fingerprint density at radius 1 is 1.08 bits per heavy atom. The van der Waals surface area contributed by atoms with E-state index in [9.17, 15) is 9.18 Å². The minimum absolute atomic E-state index is 0.00681. The molecule has 1 aliphatic rings. The third-order valence-corrected chi connectivity index (χ3v) is 5.03. The first-order valence-electron chi connectivity index (χ1n) is 8.84. The first-order valence-corrected chi connectivity index (χ1v) is 8.84. The first-order chi connectivity index (χ1) is 12.2. The van der Waals surface area contributed by atoms with E-state index in [1.54, 1.807) is 19.2 Å². The van der Waals surface area contributed by atoms with Crippen molar-refractivity contribution >= 4 is 11.6 Å². The van der Waals surface area contributed by atoms with Gasteiger partial charge in [0.25, 0.3) is 0 Å². The topological polar surface area (TPSA) is 38.3 Å². The number of carbonyl (C=O) groups is 1. The molecular weight excluding hydrogens is 317 g/mol. The number of anilines is 1. The van der Waals surface area contributed by atoms with Crippen molar-refractivity contribution in [3.05, 3.63) is 59.9 Å². The third-order valence-electron chi connectivity index (χ3n) is 5.03. The normalized spacial score (nSPS) is 20.1. The molecule has 132 valence electrons. The van der Waals surface area contributed by atoms with Crippen LogP contribution < -0.4 is 10.1 Å². The number of hydrogen-bond acceptors (Lipinski definition) is 2. The molecule has 1 amide bonds. The molecule has 0 unspecified atom stereocenters. The predicted molar refractivity (Wildman–Crippen MR) is 97.3 cm³/mol. The SMILES string of the molecule is COc1ccccc1[C@H]1CC[C@@H](CC(=O)Nc2ccc(F)cc2)CC1. The van der Waals surface area contributed by atoms with Crippen LogP contribution in [-0.4, -0.2) is 13.0 Å². The maximum Gasteiger partial charge on any atom is 0.224 e. The van der Waals surface area contributed by atoms with Gasteiger partial charge in [0, 0.05) is 12.1 Å². The molecule has 3 rings (SSSR count). The van der Waals surface area contributed by atoms with Gasteiger partial charge in [-0.1, -0.05) is 18.2 Å². The smallest absolute Gasteiger partial charge is 0.224 e. The molecule has 0 saturated heterocycles. The van der Waals surface area contributed by atoms with Gasteiger partial charge in [-0.05, 0) is 73.4 Å². The summed E-state index contributed by atoms with van der Waals surface area (Å²) in [4.78, 5) is 12.2. The Morgan fingerprint density at radius 2 is 1.76 bits per heavy atom. The van der Waals surface area contributed by atoms with Crippen LogP contribution in [0.2, 0.25) is 0 Å². The molecule has 1 saturated carbocycles. The van der Waals surface area contributed by atoms with Crippen molar-refractivity contribution in [1.29, 1.82) is 0 Å². The van der Waals surface area contributed by atoms with E-state index in [0.29, 0.717) is 23.9 Å². The van der Waals surface area contributed by atoms with Crippen LogP contribution in [0.25, 0.3) is 0 Å². The number of amides is 1. The van der Waals surface area contributed by atoms with E-state index in [1.807, 2.05) is 12.1 Å². The highest BCUT2D eigenvalue weighted by Gasteiger charge is 2.25. The van der Waals surface area contributed by atoms with E-state index in [-0.39, 0.29) is 11.7 Å². The largest absolute Gasteiger partial charge is 0.496 e.